The number of likely N-dealkylation sites (tertiary alicyclic amines) is 1. The Morgan fingerprint density at radius 1 is 0.758 bits per heavy atom. The summed E-state index contributed by atoms with van der Waals surface area (Å²) in [7, 11) is 2.61. The lowest BCUT2D eigenvalue weighted by Gasteiger charge is -2.35. The number of alkyl carbamates (subject to hydrolysis) is 1. The Balaban J connectivity index is 0.985. The van der Waals surface area contributed by atoms with Gasteiger partial charge in [-0.15, -0.1) is 0 Å². The molecule has 4 atom stereocenters. The molecular weight excluding hydrogens is 783 g/mol. The van der Waals surface area contributed by atoms with Crippen molar-refractivity contribution < 1.29 is 28.7 Å². The van der Waals surface area contributed by atoms with Crippen molar-refractivity contribution in [3.05, 3.63) is 89.5 Å². The highest BCUT2D eigenvalue weighted by atomic mass is 16.5. The van der Waals surface area contributed by atoms with Gasteiger partial charge in [-0.3, -0.25) is 9.59 Å². The van der Waals surface area contributed by atoms with E-state index in [0.29, 0.717) is 6.54 Å². The van der Waals surface area contributed by atoms with Gasteiger partial charge in [-0.25, -0.2) is 25.0 Å². The molecule has 1 aliphatic heterocycles. The number of aromatic amines is 2. The number of benzene rings is 3. The number of fused-ring (bicyclic) bond motifs is 2. The smallest absolute Gasteiger partial charge is 0.425 e. The lowest BCUT2D eigenvalue weighted by Crippen LogP contribution is -2.53. The van der Waals surface area contributed by atoms with Gasteiger partial charge in [0, 0.05) is 41.4 Å². The Labute approximate surface area is 363 Å². The molecule has 1 unspecified atom stereocenters. The van der Waals surface area contributed by atoms with Crippen molar-refractivity contribution in [1.29, 1.82) is 0 Å². The number of imidazole rings is 1. The number of amides is 4. The molecule has 2 aliphatic carbocycles. The van der Waals surface area contributed by atoms with Gasteiger partial charge in [-0.1, -0.05) is 75.2 Å². The molecular formula is C49H59N7O6. The molecule has 5 aromatic rings. The molecule has 13 heteroatoms. The molecule has 4 amide bonds. The third-order valence-corrected chi connectivity index (χ3v) is 13.2. The third-order valence-electron chi connectivity index (χ3n) is 13.2. The first-order valence-electron chi connectivity index (χ1n) is 22.2. The molecule has 8 rings (SSSR count). The van der Waals surface area contributed by atoms with Crippen LogP contribution in [-0.4, -0.2) is 81.7 Å². The Hall–Kier alpha value is -6.11. The monoisotopic (exact) mass is 841 g/mol. The van der Waals surface area contributed by atoms with Gasteiger partial charge in [0.2, 0.25) is 11.8 Å². The van der Waals surface area contributed by atoms with E-state index in [1.165, 1.54) is 30.4 Å². The Morgan fingerprint density at radius 3 is 2.13 bits per heavy atom. The topological polar surface area (TPSA) is 162 Å². The predicted molar refractivity (Wildman–Crippen MR) is 239 cm³/mol. The number of methoxy groups -OCH3 is 2. The van der Waals surface area contributed by atoms with Gasteiger partial charge in [0.15, 0.2) is 0 Å². The largest absolute Gasteiger partial charge is 0.453 e. The van der Waals surface area contributed by atoms with Crippen LogP contribution in [0.25, 0.3) is 44.4 Å². The van der Waals surface area contributed by atoms with E-state index in [9.17, 15) is 19.2 Å². The molecule has 0 radical (unpaired) electrons. The van der Waals surface area contributed by atoms with Gasteiger partial charge in [0.1, 0.15) is 11.9 Å². The van der Waals surface area contributed by atoms with Gasteiger partial charge < -0.3 is 29.7 Å². The van der Waals surface area contributed by atoms with E-state index in [-0.39, 0.29) is 41.7 Å². The molecule has 0 spiro atoms. The van der Waals surface area contributed by atoms with E-state index in [0.717, 1.165) is 114 Å². The highest BCUT2D eigenvalue weighted by Gasteiger charge is 2.40. The van der Waals surface area contributed by atoms with E-state index in [2.05, 4.69) is 81.4 Å². The fourth-order valence-electron chi connectivity index (χ4n) is 9.95. The average Bonchev–Trinajstić information content (AvgIpc) is 4.12. The van der Waals surface area contributed by atoms with E-state index in [4.69, 9.17) is 14.5 Å². The van der Waals surface area contributed by atoms with Crippen LogP contribution < -0.4 is 10.7 Å². The summed E-state index contributed by atoms with van der Waals surface area (Å²) in [5.41, 5.74) is 12.9. The summed E-state index contributed by atoms with van der Waals surface area (Å²) in [5, 5.41) is 6.41. The number of aromatic nitrogens is 3. The zero-order chi connectivity index (χ0) is 43.7. The van der Waals surface area contributed by atoms with Crippen LogP contribution in [0, 0.1) is 11.8 Å². The number of nitrogens with one attached hydrogen (secondary N) is 4. The standard InChI is InChI=1S/C49H59N7O6/c1-28(2)42(53-48(59)61-5)47(58)55-24-10-15-41(55)44-37-14-9-13-36(37)43(52-44)31-18-16-30(17-19-31)32-20-21-34-26-35(23-22-33(34)25-32)40-27-50-45(51-40)38-11-7-8-12-39(38)46(57)56(29(3)4)54-49(60)62-6/h16-23,25-29,38-39,41-42,52H,7-15,24H2,1-6H3,(H,50,51)(H,53,59)(H,54,60)/t38-,39+,41+,42?/m1/s1. The zero-order valence-corrected chi connectivity index (χ0v) is 36.7. The zero-order valence-electron chi connectivity index (χ0n) is 36.7. The summed E-state index contributed by atoms with van der Waals surface area (Å²) in [6.07, 6.45) is 8.99. The summed E-state index contributed by atoms with van der Waals surface area (Å²) < 4.78 is 9.62. The van der Waals surface area contributed by atoms with Crippen LogP contribution in [0.4, 0.5) is 9.59 Å². The molecule has 2 fully saturated rings. The second-order valence-electron chi connectivity index (χ2n) is 17.7. The first kappa shape index (κ1) is 42.6. The minimum atomic E-state index is -0.663. The number of ether oxygens (including phenoxy) is 2. The van der Waals surface area contributed by atoms with Crippen molar-refractivity contribution in [1.82, 2.24) is 35.6 Å². The van der Waals surface area contributed by atoms with Crippen molar-refractivity contribution in [3.63, 3.8) is 0 Å². The van der Waals surface area contributed by atoms with Crippen LogP contribution in [-0.2, 0) is 31.9 Å². The maximum absolute atomic E-state index is 13.9. The minimum absolute atomic E-state index is 0.0596. The molecule has 13 nitrogen and oxygen atoms in total. The lowest BCUT2D eigenvalue weighted by molar-refractivity contribution is -0.142. The SMILES string of the molecule is COC(=O)NC(C(=O)N1CCC[C@H]1c1[nH]c(-c2ccc(-c3ccc4cc(-c5cnc([C@@H]6CCCC[C@@H]6C(=O)N(NC(=O)OC)C(C)C)[nH]5)ccc4c3)cc2)c2c1CCC2)C(C)C. The highest BCUT2D eigenvalue weighted by Crippen LogP contribution is 2.43. The van der Waals surface area contributed by atoms with Crippen LogP contribution >= 0.6 is 0 Å². The first-order valence-corrected chi connectivity index (χ1v) is 22.2. The molecule has 62 heavy (non-hydrogen) atoms. The van der Waals surface area contributed by atoms with Crippen LogP contribution in [0.5, 0.6) is 0 Å². The van der Waals surface area contributed by atoms with Gasteiger partial charge >= 0.3 is 12.2 Å². The maximum atomic E-state index is 13.9. The van der Waals surface area contributed by atoms with Gasteiger partial charge in [-0.05, 0) is 115 Å². The van der Waals surface area contributed by atoms with Crippen molar-refractivity contribution >= 4 is 34.8 Å². The molecule has 3 heterocycles. The summed E-state index contributed by atoms with van der Waals surface area (Å²) in [5.74, 6) is 0.125. The van der Waals surface area contributed by atoms with Crippen molar-refractivity contribution in [2.24, 2.45) is 11.8 Å². The third kappa shape index (κ3) is 8.41. The van der Waals surface area contributed by atoms with Crippen LogP contribution in [0.1, 0.15) is 107 Å². The normalized spacial score (nSPS) is 19.1. The summed E-state index contributed by atoms with van der Waals surface area (Å²) in [6, 6.07) is 20.8. The number of hydrogen-bond donors (Lipinski definition) is 4. The van der Waals surface area contributed by atoms with Crippen molar-refractivity contribution in [2.75, 3.05) is 20.8 Å². The second kappa shape index (κ2) is 18.1. The number of hydrogen-bond acceptors (Lipinski definition) is 7. The van der Waals surface area contributed by atoms with Crippen molar-refractivity contribution in [3.8, 4) is 33.6 Å². The summed E-state index contributed by atoms with van der Waals surface area (Å²) >= 11 is 0. The Morgan fingerprint density at radius 2 is 1.42 bits per heavy atom. The first-order chi connectivity index (χ1) is 29.9. The van der Waals surface area contributed by atoms with Crippen LogP contribution in [0.3, 0.4) is 0 Å². The van der Waals surface area contributed by atoms with Gasteiger partial charge in [-0.2, -0.15) is 0 Å². The second-order valence-corrected chi connectivity index (χ2v) is 17.7. The number of H-pyrrole nitrogens is 2. The molecule has 326 valence electrons. The van der Waals surface area contributed by atoms with Crippen molar-refractivity contribution in [2.45, 2.75) is 110 Å². The Kier molecular flexibility index (Phi) is 12.4. The molecule has 0 bridgehead atoms. The lowest BCUT2D eigenvalue weighted by atomic mass is 9.78. The molecule has 2 aromatic heterocycles. The summed E-state index contributed by atoms with van der Waals surface area (Å²) in [4.78, 5) is 66.0. The number of rotatable bonds is 10. The molecule has 1 saturated carbocycles. The van der Waals surface area contributed by atoms with E-state index in [1.54, 1.807) is 0 Å². The number of nitrogens with zero attached hydrogens (tertiary/aromatic N) is 3. The molecule has 1 saturated heterocycles. The summed E-state index contributed by atoms with van der Waals surface area (Å²) in [6.45, 7) is 8.29. The maximum Gasteiger partial charge on any atom is 0.425 e. The quantitative estimate of drug-likeness (QED) is 0.102. The number of carbonyl (C=O) groups excluding carboxylic acids is 4. The van der Waals surface area contributed by atoms with E-state index < -0.39 is 18.2 Å². The van der Waals surface area contributed by atoms with Crippen LogP contribution in [0.15, 0.2) is 66.9 Å². The number of carbonyl (C=O) groups is 4. The molecule has 4 N–H and O–H groups in total. The predicted octanol–water partition coefficient (Wildman–Crippen LogP) is 9.21. The fraction of sp³-hybridized carbons (Fsp3) is 0.449. The average molecular weight is 842 g/mol. The van der Waals surface area contributed by atoms with E-state index >= 15 is 0 Å². The van der Waals surface area contributed by atoms with E-state index in [1.807, 2.05) is 38.8 Å². The van der Waals surface area contributed by atoms with Gasteiger partial charge in [0.05, 0.1) is 32.2 Å². The highest BCUT2D eigenvalue weighted by molar-refractivity contribution is 5.91. The van der Waals surface area contributed by atoms with Crippen LogP contribution in [0.2, 0.25) is 0 Å². The number of hydrazine groups is 1. The minimum Gasteiger partial charge on any atom is -0.453 e. The molecule has 3 aliphatic rings. The fourth-order valence-corrected chi connectivity index (χ4v) is 9.95. The molecule has 3 aromatic carbocycles. The van der Waals surface area contributed by atoms with Gasteiger partial charge in [0.25, 0.3) is 0 Å². The Bertz CT molecular complexity index is 2450.